The number of halogens is 1. The molecular formula is C13H19BrN2. The van der Waals surface area contributed by atoms with Crippen molar-refractivity contribution in [3.05, 3.63) is 22.3 Å². The molecule has 1 aliphatic rings. The van der Waals surface area contributed by atoms with Gasteiger partial charge in [0.2, 0.25) is 0 Å². The van der Waals surface area contributed by atoms with Gasteiger partial charge in [-0.15, -0.1) is 0 Å². The van der Waals surface area contributed by atoms with E-state index in [4.69, 9.17) is 0 Å². The molecule has 1 atom stereocenters. The zero-order valence-electron chi connectivity index (χ0n) is 9.96. The van der Waals surface area contributed by atoms with Gasteiger partial charge in [-0.25, -0.2) is 4.98 Å². The minimum absolute atomic E-state index is 0.538. The maximum atomic E-state index is 4.39. The van der Waals surface area contributed by atoms with Crippen LogP contribution in [-0.4, -0.2) is 11.0 Å². The molecule has 0 aromatic carbocycles. The molecule has 16 heavy (non-hydrogen) atoms. The number of rotatable bonds is 3. The summed E-state index contributed by atoms with van der Waals surface area (Å²) in [5, 5.41) is 3.52. The molecule has 2 nitrogen and oxygen atoms in total. The van der Waals surface area contributed by atoms with Crippen LogP contribution >= 0.6 is 15.9 Å². The molecule has 3 heteroatoms. The molecular weight excluding hydrogens is 264 g/mol. The molecule has 2 rings (SSSR count). The van der Waals surface area contributed by atoms with E-state index in [-0.39, 0.29) is 0 Å². The van der Waals surface area contributed by atoms with E-state index in [2.05, 4.69) is 46.1 Å². The number of aryl methyl sites for hydroxylation is 1. The zero-order valence-corrected chi connectivity index (χ0v) is 11.5. The number of hydrogen-bond donors (Lipinski definition) is 1. The van der Waals surface area contributed by atoms with Gasteiger partial charge in [0.1, 0.15) is 5.82 Å². The van der Waals surface area contributed by atoms with Crippen LogP contribution in [0.2, 0.25) is 0 Å². The van der Waals surface area contributed by atoms with Crippen LogP contribution in [-0.2, 0) is 0 Å². The van der Waals surface area contributed by atoms with Crippen molar-refractivity contribution in [2.45, 2.75) is 45.6 Å². The van der Waals surface area contributed by atoms with Gasteiger partial charge >= 0.3 is 0 Å². The van der Waals surface area contributed by atoms with Gasteiger partial charge in [-0.2, -0.15) is 0 Å². The predicted molar refractivity (Wildman–Crippen MR) is 71.7 cm³/mol. The Bertz CT molecular complexity index is 359. The summed E-state index contributed by atoms with van der Waals surface area (Å²) in [4.78, 5) is 4.39. The number of aromatic nitrogens is 1. The molecule has 1 aromatic rings. The molecule has 0 aliphatic heterocycles. The highest BCUT2D eigenvalue weighted by Crippen LogP contribution is 2.29. The Kier molecular flexibility index (Phi) is 3.85. The van der Waals surface area contributed by atoms with Crippen LogP contribution in [0, 0.1) is 12.8 Å². The third-order valence-electron chi connectivity index (χ3n) is 3.53. The second-order valence-electron chi connectivity index (χ2n) is 4.80. The summed E-state index contributed by atoms with van der Waals surface area (Å²) in [7, 11) is 0. The van der Waals surface area contributed by atoms with Gasteiger partial charge < -0.3 is 5.32 Å². The monoisotopic (exact) mass is 282 g/mol. The van der Waals surface area contributed by atoms with Crippen molar-refractivity contribution in [2.75, 3.05) is 5.32 Å². The highest BCUT2D eigenvalue weighted by atomic mass is 79.9. The maximum Gasteiger partial charge on any atom is 0.126 e. The van der Waals surface area contributed by atoms with Crippen molar-refractivity contribution in [1.82, 2.24) is 4.98 Å². The molecule has 0 amide bonds. The lowest BCUT2D eigenvalue weighted by atomic mass is 10.00. The Hall–Kier alpha value is -0.570. The molecule has 1 N–H and O–H groups in total. The molecule has 1 unspecified atom stereocenters. The van der Waals surface area contributed by atoms with Crippen LogP contribution in [0.1, 0.15) is 38.2 Å². The Morgan fingerprint density at radius 1 is 1.44 bits per heavy atom. The topological polar surface area (TPSA) is 24.9 Å². The van der Waals surface area contributed by atoms with Gasteiger partial charge in [0.05, 0.1) is 0 Å². The molecule has 0 bridgehead atoms. The van der Waals surface area contributed by atoms with E-state index < -0.39 is 0 Å². The SMILES string of the molecule is Cc1cc(NC(C)C2CCCC2)ncc1Br. The van der Waals surface area contributed by atoms with Crippen molar-refractivity contribution < 1.29 is 0 Å². The summed E-state index contributed by atoms with van der Waals surface area (Å²) in [6.45, 7) is 4.37. The van der Waals surface area contributed by atoms with Gasteiger partial charge in [-0.1, -0.05) is 12.8 Å². The largest absolute Gasteiger partial charge is 0.367 e. The van der Waals surface area contributed by atoms with Gasteiger partial charge in [0.25, 0.3) is 0 Å². The van der Waals surface area contributed by atoms with E-state index in [1.54, 1.807) is 0 Å². The summed E-state index contributed by atoms with van der Waals surface area (Å²) in [6.07, 6.45) is 7.39. The first-order chi connectivity index (χ1) is 7.66. The van der Waals surface area contributed by atoms with Gasteiger partial charge in [0, 0.05) is 16.7 Å². The van der Waals surface area contributed by atoms with E-state index in [9.17, 15) is 0 Å². The first kappa shape index (κ1) is 11.9. The Labute approximate surface area is 106 Å². The lowest BCUT2D eigenvalue weighted by Gasteiger charge is -2.21. The molecule has 1 heterocycles. The molecule has 0 radical (unpaired) electrons. The van der Waals surface area contributed by atoms with E-state index in [1.165, 1.54) is 31.2 Å². The third-order valence-corrected chi connectivity index (χ3v) is 4.36. The summed E-state index contributed by atoms with van der Waals surface area (Å²) in [5.74, 6) is 1.82. The Morgan fingerprint density at radius 3 is 2.75 bits per heavy atom. The Balaban J connectivity index is 1.99. The second-order valence-corrected chi connectivity index (χ2v) is 5.65. The lowest BCUT2D eigenvalue weighted by molar-refractivity contribution is 0.481. The van der Waals surface area contributed by atoms with Crippen LogP contribution in [0.25, 0.3) is 0 Å². The summed E-state index contributed by atoms with van der Waals surface area (Å²) >= 11 is 3.47. The van der Waals surface area contributed by atoms with Crippen LogP contribution in [0.3, 0.4) is 0 Å². The van der Waals surface area contributed by atoms with E-state index in [0.29, 0.717) is 6.04 Å². The van der Waals surface area contributed by atoms with E-state index in [1.807, 2.05) is 6.20 Å². The first-order valence-corrected chi connectivity index (χ1v) is 6.85. The van der Waals surface area contributed by atoms with Crippen molar-refractivity contribution in [2.24, 2.45) is 5.92 Å². The van der Waals surface area contributed by atoms with Gasteiger partial charge in [-0.05, 0) is 60.2 Å². The average Bonchev–Trinajstić information content (AvgIpc) is 2.77. The van der Waals surface area contributed by atoms with E-state index in [0.717, 1.165) is 16.2 Å². The smallest absolute Gasteiger partial charge is 0.126 e. The third kappa shape index (κ3) is 2.76. The molecule has 0 saturated heterocycles. The lowest BCUT2D eigenvalue weighted by Crippen LogP contribution is -2.24. The normalized spacial score (nSPS) is 18.7. The summed E-state index contributed by atoms with van der Waals surface area (Å²) in [6, 6.07) is 2.64. The molecule has 1 fully saturated rings. The van der Waals surface area contributed by atoms with Gasteiger partial charge in [0.15, 0.2) is 0 Å². The van der Waals surface area contributed by atoms with Crippen molar-refractivity contribution in [1.29, 1.82) is 0 Å². The highest BCUT2D eigenvalue weighted by molar-refractivity contribution is 9.10. The van der Waals surface area contributed by atoms with Gasteiger partial charge in [-0.3, -0.25) is 0 Å². The molecule has 1 aromatic heterocycles. The minimum atomic E-state index is 0.538. The number of anilines is 1. The number of hydrogen-bond acceptors (Lipinski definition) is 2. The van der Waals surface area contributed by atoms with Crippen LogP contribution in [0.15, 0.2) is 16.7 Å². The van der Waals surface area contributed by atoms with E-state index >= 15 is 0 Å². The average molecular weight is 283 g/mol. The van der Waals surface area contributed by atoms with Crippen LogP contribution in [0.5, 0.6) is 0 Å². The minimum Gasteiger partial charge on any atom is -0.367 e. The maximum absolute atomic E-state index is 4.39. The van der Waals surface area contributed by atoms with Crippen molar-refractivity contribution in [3.63, 3.8) is 0 Å². The molecule has 88 valence electrons. The van der Waals surface area contributed by atoms with Crippen LogP contribution in [0.4, 0.5) is 5.82 Å². The highest BCUT2D eigenvalue weighted by Gasteiger charge is 2.21. The standard InChI is InChI=1S/C13H19BrN2/c1-9-7-13(15-8-12(9)14)16-10(2)11-5-3-4-6-11/h7-8,10-11H,3-6H2,1-2H3,(H,15,16). The molecule has 1 saturated carbocycles. The van der Waals surface area contributed by atoms with Crippen molar-refractivity contribution >= 4 is 21.7 Å². The quantitative estimate of drug-likeness (QED) is 0.901. The molecule has 1 aliphatic carbocycles. The number of nitrogens with one attached hydrogen (secondary N) is 1. The van der Waals surface area contributed by atoms with Crippen molar-refractivity contribution in [3.8, 4) is 0 Å². The fourth-order valence-electron chi connectivity index (χ4n) is 2.43. The number of pyridine rings is 1. The molecule has 0 spiro atoms. The Morgan fingerprint density at radius 2 is 2.12 bits per heavy atom. The van der Waals surface area contributed by atoms with Crippen LogP contribution < -0.4 is 5.32 Å². The fourth-order valence-corrected chi connectivity index (χ4v) is 2.64. The first-order valence-electron chi connectivity index (χ1n) is 6.05. The summed E-state index contributed by atoms with van der Waals surface area (Å²) in [5.41, 5.74) is 1.23. The number of nitrogens with zero attached hydrogens (tertiary/aromatic N) is 1. The summed E-state index contributed by atoms with van der Waals surface area (Å²) < 4.78 is 1.08. The second kappa shape index (κ2) is 5.17. The predicted octanol–water partition coefficient (Wildman–Crippen LogP) is 4.14. The zero-order chi connectivity index (χ0) is 11.5. The fraction of sp³-hybridized carbons (Fsp3) is 0.615.